The molecule has 0 radical (unpaired) electrons. The van der Waals surface area contributed by atoms with Gasteiger partial charge < -0.3 is 0 Å². The van der Waals surface area contributed by atoms with Crippen molar-refractivity contribution < 1.29 is 4.79 Å². The summed E-state index contributed by atoms with van der Waals surface area (Å²) in [5.41, 5.74) is 1.09. The Balaban J connectivity index is 1.99. The lowest BCUT2D eigenvalue weighted by atomic mass is 9.85. The second-order valence-corrected chi connectivity index (χ2v) is 5.37. The average molecular weight is 248 g/mol. The fourth-order valence-electron chi connectivity index (χ4n) is 2.88. The lowest BCUT2D eigenvalue weighted by molar-refractivity contribution is -0.124. The average Bonchev–Trinajstić information content (AvgIpc) is 2.82. The van der Waals surface area contributed by atoms with E-state index in [1.165, 1.54) is 6.42 Å². The molecule has 100 valence electrons. The Morgan fingerprint density at radius 2 is 2.17 bits per heavy atom. The van der Waals surface area contributed by atoms with E-state index >= 15 is 0 Å². The molecule has 2 rings (SSSR count). The molecule has 1 aliphatic rings. The first kappa shape index (κ1) is 13.3. The molecule has 1 unspecified atom stereocenters. The van der Waals surface area contributed by atoms with Crippen molar-refractivity contribution in [2.24, 2.45) is 5.92 Å². The maximum atomic E-state index is 11.8. The monoisotopic (exact) mass is 248 g/mol. The minimum atomic E-state index is 0.226. The summed E-state index contributed by atoms with van der Waals surface area (Å²) in [6, 6.07) is 2.58. The van der Waals surface area contributed by atoms with Crippen LogP contribution in [0.5, 0.6) is 0 Å². The van der Waals surface area contributed by atoms with Gasteiger partial charge >= 0.3 is 0 Å². The normalized spacial score (nSPS) is 20.6. The van der Waals surface area contributed by atoms with Gasteiger partial charge in [-0.3, -0.25) is 9.48 Å². The third-order valence-electron chi connectivity index (χ3n) is 4.12. The molecule has 18 heavy (non-hydrogen) atoms. The lowest BCUT2D eigenvalue weighted by Crippen LogP contribution is -2.21. The van der Waals surface area contributed by atoms with E-state index in [1.54, 1.807) is 0 Å². The first-order valence-corrected chi connectivity index (χ1v) is 7.31. The first-order chi connectivity index (χ1) is 8.74. The van der Waals surface area contributed by atoms with Crippen LogP contribution in [-0.4, -0.2) is 15.6 Å². The maximum Gasteiger partial charge on any atom is 0.136 e. The molecule has 1 saturated carbocycles. The van der Waals surface area contributed by atoms with Crippen molar-refractivity contribution in [3.63, 3.8) is 0 Å². The molecule has 1 aliphatic carbocycles. The zero-order valence-electron chi connectivity index (χ0n) is 11.6. The fraction of sp³-hybridized carbons (Fsp3) is 0.733. The number of carbonyl (C=O) groups is 1. The van der Waals surface area contributed by atoms with E-state index in [9.17, 15) is 4.79 Å². The number of rotatable bonds is 5. The molecule has 0 N–H and O–H groups in total. The van der Waals surface area contributed by atoms with Gasteiger partial charge in [0.05, 0.1) is 11.7 Å². The summed E-state index contributed by atoms with van der Waals surface area (Å²) in [6.45, 7) is 4.39. The van der Waals surface area contributed by atoms with Crippen molar-refractivity contribution in [2.75, 3.05) is 0 Å². The molecule has 0 bridgehead atoms. The van der Waals surface area contributed by atoms with E-state index in [4.69, 9.17) is 0 Å². The second kappa shape index (κ2) is 6.17. The number of aromatic nitrogens is 2. The van der Waals surface area contributed by atoms with Crippen LogP contribution in [-0.2, 0) is 11.2 Å². The van der Waals surface area contributed by atoms with Crippen molar-refractivity contribution in [3.05, 3.63) is 18.0 Å². The molecule has 0 spiro atoms. The molecule has 0 aromatic carbocycles. The van der Waals surface area contributed by atoms with Gasteiger partial charge in [0.2, 0.25) is 0 Å². The summed E-state index contributed by atoms with van der Waals surface area (Å²) in [7, 11) is 0. The van der Waals surface area contributed by atoms with Crippen LogP contribution < -0.4 is 0 Å². The van der Waals surface area contributed by atoms with Gasteiger partial charge in [-0.05, 0) is 31.7 Å². The molecule has 3 nitrogen and oxygen atoms in total. The highest BCUT2D eigenvalue weighted by Gasteiger charge is 2.23. The maximum absolute atomic E-state index is 11.8. The Labute approximate surface area is 110 Å². The number of hydrogen-bond acceptors (Lipinski definition) is 2. The zero-order chi connectivity index (χ0) is 13.0. The molecular weight excluding hydrogens is 224 g/mol. The molecule has 0 saturated heterocycles. The molecule has 0 aliphatic heterocycles. The second-order valence-electron chi connectivity index (χ2n) is 5.37. The standard InChI is InChI=1S/C15H24N2O/c1-3-14(4-2)17-10-9-13(16-17)11-12-7-5-6-8-15(12)18/h9-10,12,14H,3-8,11H2,1-2H3. The Bertz CT molecular complexity index is 393. The summed E-state index contributed by atoms with van der Waals surface area (Å²) in [5, 5.41) is 4.65. The third kappa shape index (κ3) is 3.01. The highest BCUT2D eigenvalue weighted by molar-refractivity contribution is 5.81. The molecule has 1 atom stereocenters. The molecule has 1 aromatic heterocycles. The van der Waals surface area contributed by atoms with E-state index < -0.39 is 0 Å². The topological polar surface area (TPSA) is 34.9 Å². The van der Waals surface area contributed by atoms with Crippen molar-refractivity contribution >= 4 is 5.78 Å². The van der Waals surface area contributed by atoms with E-state index in [0.29, 0.717) is 11.8 Å². The van der Waals surface area contributed by atoms with Gasteiger partial charge in [-0.2, -0.15) is 5.10 Å². The van der Waals surface area contributed by atoms with Gasteiger partial charge in [0, 0.05) is 25.0 Å². The van der Waals surface area contributed by atoms with Crippen LogP contribution in [0.4, 0.5) is 0 Å². The quantitative estimate of drug-likeness (QED) is 0.798. The number of ketones is 1. The van der Waals surface area contributed by atoms with Gasteiger partial charge in [0.25, 0.3) is 0 Å². The SMILES string of the molecule is CCC(CC)n1ccc(CC2CCCCC2=O)n1. The van der Waals surface area contributed by atoms with Crippen LogP contribution in [0.25, 0.3) is 0 Å². The molecule has 0 amide bonds. The van der Waals surface area contributed by atoms with Gasteiger partial charge in [-0.1, -0.05) is 20.3 Å². The van der Waals surface area contributed by atoms with Crippen LogP contribution in [0.1, 0.15) is 64.1 Å². The molecule has 1 fully saturated rings. The van der Waals surface area contributed by atoms with Crippen LogP contribution >= 0.6 is 0 Å². The Morgan fingerprint density at radius 3 is 2.83 bits per heavy atom. The molecule has 1 aromatic rings. The largest absolute Gasteiger partial charge is 0.299 e. The Kier molecular flexibility index (Phi) is 4.56. The van der Waals surface area contributed by atoms with Crippen LogP contribution in [0.15, 0.2) is 12.3 Å². The van der Waals surface area contributed by atoms with Crippen molar-refractivity contribution in [2.45, 2.75) is 64.8 Å². The minimum Gasteiger partial charge on any atom is -0.299 e. The van der Waals surface area contributed by atoms with Gasteiger partial charge in [0.1, 0.15) is 5.78 Å². The van der Waals surface area contributed by atoms with E-state index in [0.717, 1.165) is 44.2 Å². The van der Waals surface area contributed by atoms with E-state index in [-0.39, 0.29) is 5.92 Å². The highest BCUT2D eigenvalue weighted by Crippen LogP contribution is 2.24. The van der Waals surface area contributed by atoms with Gasteiger partial charge in [0.15, 0.2) is 0 Å². The summed E-state index contributed by atoms with van der Waals surface area (Å²) in [5.74, 6) is 0.669. The first-order valence-electron chi connectivity index (χ1n) is 7.31. The summed E-state index contributed by atoms with van der Waals surface area (Å²) in [4.78, 5) is 11.8. The minimum absolute atomic E-state index is 0.226. The lowest BCUT2D eigenvalue weighted by Gasteiger charge is -2.19. The zero-order valence-corrected chi connectivity index (χ0v) is 11.6. The van der Waals surface area contributed by atoms with Crippen molar-refractivity contribution in [1.29, 1.82) is 0 Å². The van der Waals surface area contributed by atoms with Crippen LogP contribution in [0.3, 0.4) is 0 Å². The third-order valence-corrected chi connectivity index (χ3v) is 4.12. The number of carbonyl (C=O) groups excluding carboxylic acids is 1. The highest BCUT2D eigenvalue weighted by atomic mass is 16.1. The van der Waals surface area contributed by atoms with E-state index in [2.05, 4.69) is 35.9 Å². The van der Waals surface area contributed by atoms with Crippen molar-refractivity contribution in [1.82, 2.24) is 9.78 Å². The van der Waals surface area contributed by atoms with Gasteiger partial charge in [-0.25, -0.2) is 0 Å². The Morgan fingerprint density at radius 1 is 1.39 bits per heavy atom. The van der Waals surface area contributed by atoms with Crippen LogP contribution in [0, 0.1) is 5.92 Å². The predicted molar refractivity (Wildman–Crippen MR) is 72.5 cm³/mol. The van der Waals surface area contributed by atoms with Gasteiger partial charge in [-0.15, -0.1) is 0 Å². The fourth-order valence-corrected chi connectivity index (χ4v) is 2.88. The van der Waals surface area contributed by atoms with E-state index in [1.807, 2.05) is 0 Å². The Hall–Kier alpha value is -1.12. The summed E-state index contributed by atoms with van der Waals surface area (Å²) in [6.07, 6.45) is 9.24. The molecular formula is C15H24N2O. The summed E-state index contributed by atoms with van der Waals surface area (Å²) < 4.78 is 2.07. The number of hydrogen-bond donors (Lipinski definition) is 0. The summed E-state index contributed by atoms with van der Waals surface area (Å²) >= 11 is 0. The molecule has 1 heterocycles. The van der Waals surface area contributed by atoms with Crippen molar-refractivity contribution in [3.8, 4) is 0 Å². The molecule has 3 heteroatoms. The predicted octanol–water partition coefficient (Wildman–Crippen LogP) is 3.55. The number of Topliss-reactive ketones (excluding diaryl/α,β-unsaturated/α-hetero) is 1. The number of nitrogens with zero attached hydrogens (tertiary/aromatic N) is 2. The van der Waals surface area contributed by atoms with Crippen LogP contribution in [0.2, 0.25) is 0 Å². The smallest absolute Gasteiger partial charge is 0.136 e.